The molecule has 0 aromatic carbocycles. The molecule has 0 aliphatic rings. The first kappa shape index (κ1) is 7.96. The van der Waals surface area contributed by atoms with Gasteiger partial charge in [0, 0.05) is 6.42 Å². The molecule has 1 aromatic rings. The van der Waals surface area contributed by atoms with Crippen LogP contribution < -0.4 is 0 Å². The Kier molecular flexibility index (Phi) is 2.40. The van der Waals surface area contributed by atoms with Crippen LogP contribution in [0.2, 0.25) is 0 Å². The third-order valence-corrected chi connectivity index (χ3v) is 2.34. The summed E-state index contributed by atoms with van der Waals surface area (Å²) in [5, 5.41) is 8.45. The first-order valence-corrected chi connectivity index (χ1v) is 4.12. The van der Waals surface area contributed by atoms with Crippen molar-refractivity contribution in [3.63, 3.8) is 0 Å². The van der Waals surface area contributed by atoms with Crippen molar-refractivity contribution in [1.82, 2.24) is 0 Å². The summed E-state index contributed by atoms with van der Waals surface area (Å²) in [5.41, 5.74) is 0. The molecule has 0 aliphatic heterocycles. The highest BCUT2D eigenvalue weighted by atomic mass is 32.1. The van der Waals surface area contributed by atoms with Crippen LogP contribution in [-0.4, -0.2) is 5.78 Å². The fourth-order valence-electron chi connectivity index (χ4n) is 0.722. The summed E-state index contributed by atoms with van der Waals surface area (Å²) in [6, 6.07) is 5.37. The number of hydrogen-bond acceptors (Lipinski definition) is 3. The lowest BCUT2D eigenvalue weighted by Crippen LogP contribution is -1.90. The van der Waals surface area contributed by atoms with Gasteiger partial charge in [-0.2, -0.15) is 5.26 Å². The Morgan fingerprint density at radius 3 is 2.91 bits per heavy atom. The van der Waals surface area contributed by atoms with Gasteiger partial charge < -0.3 is 0 Å². The topological polar surface area (TPSA) is 40.9 Å². The molecule has 0 aliphatic carbocycles. The summed E-state index contributed by atoms with van der Waals surface area (Å²) in [6.45, 7) is 1.81. The van der Waals surface area contributed by atoms with Gasteiger partial charge >= 0.3 is 0 Å². The third kappa shape index (κ3) is 1.66. The first-order valence-electron chi connectivity index (χ1n) is 3.31. The van der Waals surface area contributed by atoms with E-state index in [1.165, 1.54) is 11.3 Å². The van der Waals surface area contributed by atoms with E-state index >= 15 is 0 Å². The molecular weight excluding hydrogens is 158 g/mol. The predicted octanol–water partition coefficient (Wildman–Crippen LogP) is 2.21. The van der Waals surface area contributed by atoms with Crippen LogP contribution in [0.5, 0.6) is 0 Å². The summed E-state index contributed by atoms with van der Waals surface area (Å²) >= 11 is 1.25. The standard InChI is InChI=1S/C8H7NOS/c1-2-7(10)8-4-3-6(5-9)11-8/h3-4H,2H2,1H3. The lowest BCUT2D eigenvalue weighted by Gasteiger charge is -1.86. The van der Waals surface area contributed by atoms with Crippen molar-refractivity contribution < 1.29 is 4.79 Å². The predicted molar refractivity (Wildman–Crippen MR) is 43.7 cm³/mol. The molecule has 0 unspecified atom stereocenters. The summed E-state index contributed by atoms with van der Waals surface area (Å²) in [4.78, 5) is 12.3. The molecule has 0 fully saturated rings. The van der Waals surface area contributed by atoms with Crippen LogP contribution in [0.4, 0.5) is 0 Å². The van der Waals surface area contributed by atoms with E-state index in [0.29, 0.717) is 16.2 Å². The zero-order valence-corrected chi connectivity index (χ0v) is 6.94. The van der Waals surface area contributed by atoms with Crippen LogP contribution in [0.3, 0.4) is 0 Å². The average Bonchev–Trinajstić information content (AvgIpc) is 2.50. The highest BCUT2D eigenvalue weighted by Crippen LogP contribution is 2.16. The van der Waals surface area contributed by atoms with E-state index in [1.807, 2.05) is 13.0 Å². The second-order valence-corrected chi connectivity index (χ2v) is 3.14. The second kappa shape index (κ2) is 3.31. The molecule has 0 saturated heterocycles. The van der Waals surface area contributed by atoms with Gasteiger partial charge in [0.15, 0.2) is 5.78 Å². The maximum absolute atomic E-state index is 11.0. The second-order valence-electron chi connectivity index (χ2n) is 2.05. The fourth-order valence-corrected chi connectivity index (χ4v) is 1.53. The van der Waals surface area contributed by atoms with E-state index in [-0.39, 0.29) is 5.78 Å². The molecule has 11 heavy (non-hydrogen) atoms. The number of carbonyl (C=O) groups is 1. The number of Topliss-reactive ketones (excluding diaryl/α,β-unsaturated/α-hetero) is 1. The number of rotatable bonds is 2. The molecule has 1 aromatic heterocycles. The summed E-state index contributed by atoms with van der Waals surface area (Å²) in [7, 11) is 0. The van der Waals surface area contributed by atoms with Gasteiger partial charge in [0.05, 0.1) is 4.88 Å². The molecule has 0 bridgehead atoms. The fraction of sp³-hybridized carbons (Fsp3) is 0.250. The largest absolute Gasteiger partial charge is 0.293 e. The molecule has 0 amide bonds. The number of carbonyl (C=O) groups excluding carboxylic acids is 1. The quantitative estimate of drug-likeness (QED) is 0.630. The Hall–Kier alpha value is -1.14. The Balaban J connectivity index is 2.91. The van der Waals surface area contributed by atoms with Crippen LogP contribution >= 0.6 is 11.3 Å². The number of ketones is 1. The van der Waals surface area contributed by atoms with Crippen LogP contribution in [0.25, 0.3) is 0 Å². The Morgan fingerprint density at radius 1 is 1.73 bits per heavy atom. The maximum Gasteiger partial charge on any atom is 0.172 e. The average molecular weight is 165 g/mol. The number of hydrogen-bond donors (Lipinski definition) is 0. The molecule has 0 saturated carbocycles. The van der Waals surface area contributed by atoms with Gasteiger partial charge in [-0.1, -0.05) is 6.92 Å². The molecule has 1 heterocycles. The molecule has 2 nitrogen and oxygen atoms in total. The van der Waals surface area contributed by atoms with Gasteiger partial charge in [-0.15, -0.1) is 11.3 Å². The number of nitriles is 1. The van der Waals surface area contributed by atoms with E-state index in [0.717, 1.165) is 0 Å². The minimum absolute atomic E-state index is 0.108. The zero-order valence-electron chi connectivity index (χ0n) is 6.13. The summed E-state index contributed by atoms with van der Waals surface area (Å²) < 4.78 is 0. The molecule has 0 spiro atoms. The van der Waals surface area contributed by atoms with Crippen molar-refractivity contribution in [3.05, 3.63) is 21.9 Å². The number of thiophene rings is 1. The van der Waals surface area contributed by atoms with E-state index in [1.54, 1.807) is 12.1 Å². The van der Waals surface area contributed by atoms with E-state index in [2.05, 4.69) is 0 Å². The minimum Gasteiger partial charge on any atom is -0.293 e. The highest BCUT2D eigenvalue weighted by molar-refractivity contribution is 7.14. The summed E-state index contributed by atoms with van der Waals surface area (Å²) in [6.07, 6.45) is 0.505. The van der Waals surface area contributed by atoms with Crippen molar-refractivity contribution in [2.24, 2.45) is 0 Å². The lowest BCUT2D eigenvalue weighted by atomic mass is 10.2. The van der Waals surface area contributed by atoms with Gasteiger partial charge in [-0.05, 0) is 12.1 Å². The monoisotopic (exact) mass is 165 g/mol. The molecular formula is C8H7NOS. The molecule has 56 valence electrons. The van der Waals surface area contributed by atoms with Gasteiger partial charge in [0.2, 0.25) is 0 Å². The minimum atomic E-state index is 0.108. The van der Waals surface area contributed by atoms with E-state index in [4.69, 9.17) is 5.26 Å². The van der Waals surface area contributed by atoms with Gasteiger partial charge in [0.1, 0.15) is 10.9 Å². The Labute approximate surface area is 69.1 Å². The molecule has 0 N–H and O–H groups in total. The molecule has 0 atom stereocenters. The van der Waals surface area contributed by atoms with Crippen molar-refractivity contribution in [2.45, 2.75) is 13.3 Å². The normalized spacial score (nSPS) is 9.09. The van der Waals surface area contributed by atoms with Gasteiger partial charge in [-0.3, -0.25) is 4.79 Å². The first-order chi connectivity index (χ1) is 5.27. The third-order valence-electron chi connectivity index (χ3n) is 1.31. The van der Waals surface area contributed by atoms with Crippen LogP contribution in [0.15, 0.2) is 12.1 Å². The summed E-state index contributed by atoms with van der Waals surface area (Å²) in [5.74, 6) is 0.108. The molecule has 3 heteroatoms. The molecule has 0 radical (unpaired) electrons. The SMILES string of the molecule is CCC(=O)c1ccc(C#N)s1. The van der Waals surface area contributed by atoms with Crippen molar-refractivity contribution in [1.29, 1.82) is 5.26 Å². The molecule has 1 rings (SSSR count). The zero-order chi connectivity index (χ0) is 8.27. The van der Waals surface area contributed by atoms with Crippen LogP contribution in [0, 0.1) is 11.3 Å². The number of nitrogens with zero attached hydrogens (tertiary/aromatic N) is 1. The maximum atomic E-state index is 11.0. The highest BCUT2D eigenvalue weighted by Gasteiger charge is 2.05. The van der Waals surface area contributed by atoms with Gasteiger partial charge in [0.25, 0.3) is 0 Å². The van der Waals surface area contributed by atoms with Crippen LogP contribution in [0.1, 0.15) is 27.9 Å². The smallest absolute Gasteiger partial charge is 0.172 e. The Morgan fingerprint density at radius 2 is 2.45 bits per heavy atom. The van der Waals surface area contributed by atoms with Gasteiger partial charge in [-0.25, -0.2) is 0 Å². The lowest BCUT2D eigenvalue weighted by molar-refractivity contribution is 0.0992. The van der Waals surface area contributed by atoms with Crippen molar-refractivity contribution in [2.75, 3.05) is 0 Å². The Bertz CT molecular complexity index is 308. The van der Waals surface area contributed by atoms with Crippen molar-refractivity contribution >= 4 is 17.1 Å². The van der Waals surface area contributed by atoms with E-state index < -0.39 is 0 Å². The van der Waals surface area contributed by atoms with Crippen LogP contribution in [-0.2, 0) is 0 Å². The van der Waals surface area contributed by atoms with E-state index in [9.17, 15) is 4.79 Å². The van der Waals surface area contributed by atoms with Crippen molar-refractivity contribution in [3.8, 4) is 6.07 Å².